The quantitative estimate of drug-likeness (QED) is 0.843. The normalized spacial score (nSPS) is 19.2. The molecule has 1 atom stereocenters. The molecule has 4 nitrogen and oxygen atoms in total. The van der Waals surface area contributed by atoms with E-state index in [-0.39, 0.29) is 17.8 Å². The van der Waals surface area contributed by atoms with Gasteiger partial charge in [-0.1, -0.05) is 15.9 Å². The first kappa shape index (κ1) is 15.2. The maximum absolute atomic E-state index is 12.0. The van der Waals surface area contributed by atoms with Crippen molar-refractivity contribution in [3.63, 3.8) is 0 Å². The van der Waals surface area contributed by atoms with Crippen molar-refractivity contribution in [1.29, 1.82) is 0 Å². The second kappa shape index (κ2) is 5.64. The third-order valence-electron chi connectivity index (χ3n) is 3.22. The van der Waals surface area contributed by atoms with Crippen LogP contribution in [0.2, 0.25) is 0 Å². The maximum atomic E-state index is 12.0. The van der Waals surface area contributed by atoms with Crippen LogP contribution < -0.4 is 0 Å². The van der Waals surface area contributed by atoms with E-state index in [0.717, 1.165) is 16.5 Å². The molecular formula is C15H20BrNO3. The summed E-state index contributed by atoms with van der Waals surface area (Å²) < 4.78 is 6.23. The molecule has 1 aromatic carbocycles. The lowest BCUT2D eigenvalue weighted by Gasteiger charge is -2.24. The molecule has 0 bridgehead atoms. The Morgan fingerprint density at radius 1 is 1.40 bits per heavy atom. The minimum atomic E-state index is -0.469. The average Bonchev–Trinajstić information content (AvgIpc) is 2.74. The number of halogens is 1. The van der Waals surface area contributed by atoms with Crippen molar-refractivity contribution in [2.24, 2.45) is 0 Å². The summed E-state index contributed by atoms with van der Waals surface area (Å²) in [5.74, 6) is 0.482. The van der Waals surface area contributed by atoms with Crippen LogP contribution in [0.15, 0.2) is 22.7 Å². The van der Waals surface area contributed by atoms with E-state index in [0.29, 0.717) is 13.1 Å². The van der Waals surface area contributed by atoms with E-state index in [1.807, 2.05) is 26.8 Å². The smallest absolute Gasteiger partial charge is 0.410 e. The van der Waals surface area contributed by atoms with Crippen molar-refractivity contribution >= 4 is 22.0 Å². The summed E-state index contributed by atoms with van der Waals surface area (Å²) in [4.78, 5) is 13.7. The Balaban J connectivity index is 2.03. The molecule has 1 aliphatic rings. The summed E-state index contributed by atoms with van der Waals surface area (Å²) in [6.45, 7) is 6.91. The van der Waals surface area contributed by atoms with E-state index in [2.05, 4.69) is 15.9 Å². The van der Waals surface area contributed by atoms with Gasteiger partial charge in [0.15, 0.2) is 0 Å². The zero-order valence-corrected chi connectivity index (χ0v) is 13.6. The number of aromatic hydroxyl groups is 1. The summed E-state index contributed by atoms with van der Waals surface area (Å²) in [5.41, 5.74) is 0.575. The Bertz CT molecular complexity index is 490. The first-order chi connectivity index (χ1) is 9.24. The number of nitrogens with zero attached hydrogens (tertiary/aromatic N) is 1. The summed E-state index contributed by atoms with van der Waals surface area (Å²) in [6.07, 6.45) is 0.619. The summed E-state index contributed by atoms with van der Waals surface area (Å²) in [6, 6.07) is 5.40. The van der Waals surface area contributed by atoms with Gasteiger partial charge in [0.25, 0.3) is 0 Å². The van der Waals surface area contributed by atoms with Crippen LogP contribution in [-0.4, -0.2) is 34.8 Å². The molecule has 0 radical (unpaired) electrons. The van der Waals surface area contributed by atoms with Gasteiger partial charge in [0.05, 0.1) is 0 Å². The first-order valence-electron chi connectivity index (χ1n) is 6.72. The number of hydrogen-bond acceptors (Lipinski definition) is 3. The number of hydrogen-bond donors (Lipinski definition) is 1. The van der Waals surface area contributed by atoms with E-state index in [1.54, 1.807) is 17.0 Å². The van der Waals surface area contributed by atoms with Gasteiger partial charge in [-0.05, 0) is 51.0 Å². The Kier molecular flexibility index (Phi) is 4.28. The molecule has 1 heterocycles. The fourth-order valence-corrected chi connectivity index (χ4v) is 2.86. The summed E-state index contributed by atoms with van der Waals surface area (Å²) >= 11 is 3.38. The zero-order chi connectivity index (χ0) is 14.9. The predicted molar refractivity (Wildman–Crippen MR) is 81.0 cm³/mol. The Labute approximate surface area is 127 Å². The standard InChI is InChI=1S/C15H20BrNO3/c1-15(2,3)20-14(19)17-5-4-10(9-17)11-6-12(16)8-13(18)7-11/h6-8,10,18H,4-5,9H2,1-3H3. The minimum Gasteiger partial charge on any atom is -0.508 e. The van der Waals surface area contributed by atoms with Crippen LogP contribution in [0.3, 0.4) is 0 Å². The largest absolute Gasteiger partial charge is 0.508 e. The highest BCUT2D eigenvalue weighted by Gasteiger charge is 2.30. The third-order valence-corrected chi connectivity index (χ3v) is 3.67. The number of carbonyl (C=O) groups excluding carboxylic acids is 1. The van der Waals surface area contributed by atoms with Gasteiger partial charge >= 0.3 is 6.09 Å². The Hall–Kier alpha value is -1.23. The molecule has 1 aliphatic heterocycles. The van der Waals surface area contributed by atoms with E-state index >= 15 is 0 Å². The van der Waals surface area contributed by atoms with Crippen molar-refractivity contribution in [3.05, 3.63) is 28.2 Å². The van der Waals surface area contributed by atoms with Crippen LogP contribution in [0.25, 0.3) is 0 Å². The third kappa shape index (κ3) is 3.88. The monoisotopic (exact) mass is 341 g/mol. The average molecular weight is 342 g/mol. The lowest BCUT2D eigenvalue weighted by Crippen LogP contribution is -2.35. The SMILES string of the molecule is CC(C)(C)OC(=O)N1CCC(c2cc(O)cc(Br)c2)C1. The van der Waals surface area contributed by atoms with Gasteiger partial charge in [-0.25, -0.2) is 4.79 Å². The molecule has 2 rings (SSSR count). The molecule has 20 heavy (non-hydrogen) atoms. The molecule has 1 amide bonds. The van der Waals surface area contributed by atoms with E-state index in [9.17, 15) is 9.90 Å². The molecule has 1 N–H and O–H groups in total. The predicted octanol–water partition coefficient (Wildman–Crippen LogP) is 3.88. The molecule has 110 valence electrons. The highest BCUT2D eigenvalue weighted by molar-refractivity contribution is 9.10. The molecule has 0 saturated carbocycles. The number of ether oxygens (including phenoxy) is 1. The Morgan fingerprint density at radius 2 is 2.10 bits per heavy atom. The topological polar surface area (TPSA) is 49.8 Å². The van der Waals surface area contributed by atoms with Gasteiger partial charge in [0, 0.05) is 23.5 Å². The van der Waals surface area contributed by atoms with Gasteiger partial charge in [-0.3, -0.25) is 0 Å². The van der Waals surface area contributed by atoms with Crippen LogP contribution in [0.1, 0.15) is 38.7 Å². The molecule has 0 spiro atoms. The number of phenols is 1. The Morgan fingerprint density at radius 3 is 2.70 bits per heavy atom. The molecule has 1 fully saturated rings. The van der Waals surface area contributed by atoms with Gasteiger partial charge in [-0.15, -0.1) is 0 Å². The van der Waals surface area contributed by atoms with E-state index in [4.69, 9.17) is 4.74 Å². The van der Waals surface area contributed by atoms with Crippen molar-refractivity contribution < 1.29 is 14.6 Å². The molecule has 5 heteroatoms. The second-order valence-electron chi connectivity index (χ2n) is 6.15. The molecule has 0 aliphatic carbocycles. The van der Waals surface area contributed by atoms with Gasteiger partial charge in [0.2, 0.25) is 0 Å². The van der Waals surface area contributed by atoms with Crippen molar-refractivity contribution in [2.75, 3.05) is 13.1 Å². The van der Waals surface area contributed by atoms with Crippen LogP contribution in [0.4, 0.5) is 4.79 Å². The van der Waals surface area contributed by atoms with E-state index in [1.165, 1.54) is 0 Å². The number of rotatable bonds is 1. The molecule has 1 unspecified atom stereocenters. The van der Waals surface area contributed by atoms with Crippen molar-refractivity contribution in [2.45, 2.75) is 38.7 Å². The summed E-state index contributed by atoms with van der Waals surface area (Å²) in [7, 11) is 0. The molecule has 1 aromatic rings. The fourth-order valence-electron chi connectivity index (χ4n) is 2.36. The van der Waals surface area contributed by atoms with Crippen LogP contribution in [0.5, 0.6) is 5.75 Å². The second-order valence-corrected chi connectivity index (χ2v) is 7.07. The number of amides is 1. The number of carbonyl (C=O) groups is 1. The first-order valence-corrected chi connectivity index (χ1v) is 7.51. The van der Waals surface area contributed by atoms with Gasteiger partial charge in [-0.2, -0.15) is 0 Å². The van der Waals surface area contributed by atoms with Gasteiger partial charge < -0.3 is 14.7 Å². The van der Waals surface area contributed by atoms with Crippen LogP contribution in [0, 0.1) is 0 Å². The van der Waals surface area contributed by atoms with Crippen molar-refractivity contribution in [3.8, 4) is 5.75 Å². The molecular weight excluding hydrogens is 322 g/mol. The van der Waals surface area contributed by atoms with Crippen LogP contribution in [-0.2, 0) is 4.74 Å². The van der Waals surface area contributed by atoms with E-state index < -0.39 is 5.60 Å². The number of likely N-dealkylation sites (tertiary alicyclic amines) is 1. The molecule has 1 saturated heterocycles. The lowest BCUT2D eigenvalue weighted by molar-refractivity contribution is 0.0292. The zero-order valence-electron chi connectivity index (χ0n) is 12.0. The fraction of sp³-hybridized carbons (Fsp3) is 0.533. The highest BCUT2D eigenvalue weighted by atomic mass is 79.9. The maximum Gasteiger partial charge on any atom is 0.410 e. The lowest BCUT2D eigenvalue weighted by atomic mass is 9.98. The number of phenolic OH excluding ortho intramolecular Hbond substituents is 1. The van der Waals surface area contributed by atoms with Gasteiger partial charge in [0.1, 0.15) is 11.4 Å². The van der Waals surface area contributed by atoms with Crippen molar-refractivity contribution in [1.82, 2.24) is 4.90 Å². The summed E-state index contributed by atoms with van der Waals surface area (Å²) in [5, 5.41) is 9.65. The van der Waals surface area contributed by atoms with Crippen LogP contribution >= 0.6 is 15.9 Å². The highest BCUT2D eigenvalue weighted by Crippen LogP contribution is 2.32. The molecule has 0 aromatic heterocycles. The number of benzene rings is 1. The minimum absolute atomic E-state index is 0.241.